The summed E-state index contributed by atoms with van der Waals surface area (Å²) in [6, 6.07) is 15.2. The van der Waals surface area contributed by atoms with Crippen LogP contribution in [0, 0.1) is 0 Å². The topological polar surface area (TPSA) is 38.3 Å². The fourth-order valence-corrected chi connectivity index (χ4v) is 2.46. The van der Waals surface area contributed by atoms with E-state index in [0.717, 1.165) is 16.9 Å². The molecule has 0 saturated heterocycles. The minimum atomic E-state index is -0.0588. The first kappa shape index (κ1) is 16.4. The molecule has 0 saturated carbocycles. The van der Waals surface area contributed by atoms with Crippen molar-refractivity contribution in [3.05, 3.63) is 64.7 Å². The van der Waals surface area contributed by atoms with Crippen LogP contribution in [0.4, 0.5) is 0 Å². The second-order valence-corrected chi connectivity index (χ2v) is 5.63. The van der Waals surface area contributed by atoms with Crippen LogP contribution < -0.4 is 10.1 Å². The van der Waals surface area contributed by atoms with Crippen LogP contribution in [0.5, 0.6) is 5.75 Å². The lowest BCUT2D eigenvalue weighted by Gasteiger charge is -2.14. The van der Waals surface area contributed by atoms with Gasteiger partial charge in [-0.25, -0.2) is 0 Å². The van der Waals surface area contributed by atoms with Gasteiger partial charge in [0.2, 0.25) is 5.91 Å². The summed E-state index contributed by atoms with van der Waals surface area (Å²) in [5.74, 6) is 0.834. The summed E-state index contributed by atoms with van der Waals surface area (Å²) in [6.07, 6.45) is 1.13. The van der Waals surface area contributed by atoms with Gasteiger partial charge in [-0.1, -0.05) is 35.9 Å². The number of methoxy groups -OCH3 is 1. The lowest BCUT2D eigenvalue weighted by atomic mass is 10.1. The predicted octanol–water partition coefficient (Wildman–Crippen LogP) is 4.16. The molecular weight excluding hydrogens is 298 g/mol. The molecule has 0 bridgehead atoms. The van der Waals surface area contributed by atoms with Crippen molar-refractivity contribution in [2.45, 2.75) is 25.8 Å². The summed E-state index contributed by atoms with van der Waals surface area (Å²) in [7, 11) is 1.64. The minimum absolute atomic E-state index is 0.0234. The molecule has 0 heterocycles. The molecule has 2 rings (SSSR count). The van der Waals surface area contributed by atoms with Crippen molar-refractivity contribution in [1.82, 2.24) is 5.32 Å². The predicted molar refractivity (Wildman–Crippen MR) is 89.3 cm³/mol. The van der Waals surface area contributed by atoms with Crippen molar-refractivity contribution in [2.75, 3.05) is 7.11 Å². The Labute approximate surface area is 136 Å². The van der Waals surface area contributed by atoms with Gasteiger partial charge in [-0.2, -0.15) is 0 Å². The van der Waals surface area contributed by atoms with Gasteiger partial charge in [-0.05, 0) is 48.7 Å². The Morgan fingerprint density at radius 3 is 2.73 bits per heavy atom. The summed E-state index contributed by atoms with van der Waals surface area (Å²) in [6.45, 7) is 1.95. The molecule has 22 heavy (non-hydrogen) atoms. The van der Waals surface area contributed by atoms with Crippen LogP contribution in [0.15, 0.2) is 48.5 Å². The molecule has 0 radical (unpaired) electrons. The summed E-state index contributed by atoms with van der Waals surface area (Å²) in [5, 5.41) is 3.67. The zero-order valence-corrected chi connectivity index (χ0v) is 13.6. The molecule has 3 nitrogen and oxygen atoms in total. The van der Waals surface area contributed by atoms with E-state index in [4.69, 9.17) is 16.3 Å². The van der Waals surface area contributed by atoms with E-state index in [1.807, 2.05) is 55.5 Å². The van der Waals surface area contributed by atoms with Gasteiger partial charge in [0, 0.05) is 11.4 Å². The van der Waals surface area contributed by atoms with Crippen LogP contribution in [-0.2, 0) is 11.2 Å². The van der Waals surface area contributed by atoms with Crippen LogP contribution in [0.2, 0.25) is 5.02 Å². The highest BCUT2D eigenvalue weighted by molar-refractivity contribution is 6.30. The highest BCUT2D eigenvalue weighted by Crippen LogP contribution is 2.18. The van der Waals surface area contributed by atoms with Gasteiger partial charge in [0.15, 0.2) is 0 Å². The van der Waals surface area contributed by atoms with Crippen LogP contribution in [0.3, 0.4) is 0 Å². The normalized spacial score (nSPS) is 11.8. The number of carbonyl (C=O) groups excluding carboxylic acids is 1. The molecule has 2 aromatic carbocycles. The fourth-order valence-electron chi connectivity index (χ4n) is 2.26. The Morgan fingerprint density at radius 2 is 2.00 bits per heavy atom. The average molecular weight is 318 g/mol. The number of hydrogen-bond acceptors (Lipinski definition) is 2. The smallest absolute Gasteiger partial charge is 0.220 e. The number of amides is 1. The fraction of sp³-hybridized carbons (Fsp3) is 0.278. The zero-order valence-electron chi connectivity index (χ0n) is 12.8. The Kier molecular flexibility index (Phi) is 5.84. The van der Waals surface area contributed by atoms with Gasteiger partial charge in [-0.15, -0.1) is 0 Å². The maximum absolute atomic E-state index is 12.1. The van der Waals surface area contributed by atoms with E-state index in [2.05, 4.69) is 5.32 Å². The molecule has 1 amide bonds. The van der Waals surface area contributed by atoms with Crippen molar-refractivity contribution < 1.29 is 9.53 Å². The zero-order chi connectivity index (χ0) is 15.9. The van der Waals surface area contributed by atoms with Gasteiger partial charge < -0.3 is 10.1 Å². The first-order valence-corrected chi connectivity index (χ1v) is 7.64. The molecule has 0 aliphatic heterocycles. The maximum atomic E-state index is 12.1. The standard InChI is InChI=1S/C18H20ClNO2/c1-13(15-6-4-7-16(19)12-15)20-18(21)10-9-14-5-3-8-17(11-14)22-2/h3-8,11-13H,9-10H2,1-2H3,(H,20,21). The van der Waals surface area contributed by atoms with Crippen LogP contribution >= 0.6 is 11.6 Å². The number of nitrogens with one attached hydrogen (secondary N) is 1. The maximum Gasteiger partial charge on any atom is 0.220 e. The molecule has 4 heteroatoms. The number of rotatable bonds is 6. The lowest BCUT2D eigenvalue weighted by Crippen LogP contribution is -2.26. The molecule has 2 aromatic rings. The van der Waals surface area contributed by atoms with Crippen molar-refractivity contribution in [3.63, 3.8) is 0 Å². The van der Waals surface area contributed by atoms with Crippen molar-refractivity contribution >= 4 is 17.5 Å². The number of ether oxygens (including phenoxy) is 1. The molecule has 0 aliphatic rings. The van der Waals surface area contributed by atoms with E-state index in [0.29, 0.717) is 17.9 Å². The van der Waals surface area contributed by atoms with Crippen molar-refractivity contribution in [1.29, 1.82) is 0 Å². The SMILES string of the molecule is COc1cccc(CCC(=O)NC(C)c2cccc(Cl)c2)c1. The molecule has 0 aromatic heterocycles. The van der Waals surface area contributed by atoms with E-state index >= 15 is 0 Å². The molecule has 1 N–H and O–H groups in total. The molecular formula is C18H20ClNO2. The molecule has 1 atom stereocenters. The van der Waals surface area contributed by atoms with E-state index in [9.17, 15) is 4.79 Å². The molecule has 1 unspecified atom stereocenters. The van der Waals surface area contributed by atoms with E-state index < -0.39 is 0 Å². The summed E-state index contributed by atoms with van der Waals surface area (Å²) in [5.41, 5.74) is 2.09. The van der Waals surface area contributed by atoms with Crippen molar-refractivity contribution in [3.8, 4) is 5.75 Å². The van der Waals surface area contributed by atoms with Gasteiger partial charge in [0.1, 0.15) is 5.75 Å². The summed E-state index contributed by atoms with van der Waals surface area (Å²) < 4.78 is 5.18. The molecule has 116 valence electrons. The molecule has 0 aliphatic carbocycles. The Morgan fingerprint density at radius 1 is 1.23 bits per heavy atom. The first-order valence-electron chi connectivity index (χ1n) is 7.26. The van der Waals surface area contributed by atoms with Gasteiger partial charge in [0.25, 0.3) is 0 Å². The first-order chi connectivity index (χ1) is 10.6. The Hall–Kier alpha value is -2.00. The van der Waals surface area contributed by atoms with Crippen LogP contribution in [0.1, 0.15) is 30.5 Å². The quantitative estimate of drug-likeness (QED) is 0.868. The monoisotopic (exact) mass is 317 g/mol. The van der Waals surface area contributed by atoms with Gasteiger partial charge in [-0.3, -0.25) is 4.79 Å². The number of halogens is 1. The van der Waals surface area contributed by atoms with Gasteiger partial charge >= 0.3 is 0 Å². The van der Waals surface area contributed by atoms with Crippen molar-refractivity contribution in [2.24, 2.45) is 0 Å². The van der Waals surface area contributed by atoms with E-state index in [-0.39, 0.29) is 11.9 Å². The van der Waals surface area contributed by atoms with Gasteiger partial charge in [0.05, 0.1) is 13.2 Å². The second kappa shape index (κ2) is 7.85. The molecule has 0 spiro atoms. The summed E-state index contributed by atoms with van der Waals surface area (Å²) in [4.78, 5) is 12.1. The van der Waals surface area contributed by atoms with E-state index in [1.165, 1.54) is 0 Å². The third-order valence-electron chi connectivity index (χ3n) is 3.50. The van der Waals surface area contributed by atoms with E-state index in [1.54, 1.807) is 7.11 Å². The number of hydrogen-bond donors (Lipinski definition) is 1. The second-order valence-electron chi connectivity index (χ2n) is 5.20. The lowest BCUT2D eigenvalue weighted by molar-refractivity contribution is -0.121. The molecule has 0 fully saturated rings. The largest absolute Gasteiger partial charge is 0.497 e. The average Bonchev–Trinajstić information content (AvgIpc) is 2.53. The minimum Gasteiger partial charge on any atom is -0.497 e. The number of carbonyl (C=O) groups is 1. The Bertz CT molecular complexity index is 642. The van der Waals surface area contributed by atoms with Crippen LogP contribution in [-0.4, -0.2) is 13.0 Å². The third-order valence-corrected chi connectivity index (χ3v) is 3.74. The number of benzene rings is 2. The third kappa shape index (κ3) is 4.78. The highest BCUT2D eigenvalue weighted by atomic mass is 35.5. The highest BCUT2D eigenvalue weighted by Gasteiger charge is 2.10. The van der Waals surface area contributed by atoms with Crippen LogP contribution in [0.25, 0.3) is 0 Å². The number of aryl methyl sites for hydroxylation is 1. The Balaban J connectivity index is 1.87. The summed E-state index contributed by atoms with van der Waals surface area (Å²) >= 11 is 5.97.